The summed E-state index contributed by atoms with van der Waals surface area (Å²) in [5.74, 6) is 1.64. The van der Waals surface area contributed by atoms with Crippen molar-refractivity contribution in [1.29, 1.82) is 0 Å². The lowest BCUT2D eigenvalue weighted by Gasteiger charge is -2.45. The number of nitrogens with zero attached hydrogens (tertiary/aromatic N) is 1. The van der Waals surface area contributed by atoms with Crippen LogP contribution in [-0.2, 0) is 6.54 Å². The van der Waals surface area contributed by atoms with Crippen LogP contribution in [0.15, 0.2) is 30.3 Å². The molecule has 0 saturated carbocycles. The Morgan fingerprint density at radius 2 is 2.00 bits per heavy atom. The van der Waals surface area contributed by atoms with Gasteiger partial charge in [-0.2, -0.15) is 0 Å². The smallest absolute Gasteiger partial charge is 0.0278 e. The van der Waals surface area contributed by atoms with Gasteiger partial charge in [0.05, 0.1) is 0 Å². The SMILES string of the molecule is CC(C)C1C2NCCC2CCN1Cc1ccccc1. The Labute approximate surface area is 117 Å². The number of piperidine rings is 1. The number of likely N-dealkylation sites (tertiary alicyclic amines) is 1. The lowest BCUT2D eigenvalue weighted by Crippen LogP contribution is -2.56. The summed E-state index contributed by atoms with van der Waals surface area (Å²) < 4.78 is 0. The van der Waals surface area contributed by atoms with E-state index in [2.05, 4.69) is 54.4 Å². The molecule has 2 nitrogen and oxygen atoms in total. The molecule has 3 atom stereocenters. The normalized spacial score (nSPS) is 31.6. The number of hydrogen-bond acceptors (Lipinski definition) is 2. The van der Waals surface area contributed by atoms with E-state index in [-0.39, 0.29) is 0 Å². The summed E-state index contributed by atoms with van der Waals surface area (Å²) in [6, 6.07) is 12.3. The van der Waals surface area contributed by atoms with Crippen molar-refractivity contribution in [3.63, 3.8) is 0 Å². The molecule has 0 aromatic heterocycles. The van der Waals surface area contributed by atoms with Gasteiger partial charge in [0.25, 0.3) is 0 Å². The lowest BCUT2D eigenvalue weighted by atomic mass is 9.81. The van der Waals surface area contributed by atoms with Crippen LogP contribution < -0.4 is 5.32 Å². The molecule has 2 fully saturated rings. The molecular formula is C17H26N2. The molecule has 2 heteroatoms. The van der Waals surface area contributed by atoms with Gasteiger partial charge < -0.3 is 5.32 Å². The van der Waals surface area contributed by atoms with Crippen LogP contribution in [0.1, 0.15) is 32.3 Å². The predicted octanol–water partition coefficient (Wildman–Crippen LogP) is 2.90. The Kier molecular flexibility index (Phi) is 3.90. The summed E-state index contributed by atoms with van der Waals surface area (Å²) in [7, 11) is 0. The topological polar surface area (TPSA) is 15.3 Å². The second-order valence-electron chi connectivity index (χ2n) is 6.51. The molecule has 0 amide bonds. The summed E-state index contributed by atoms with van der Waals surface area (Å²) >= 11 is 0. The standard InChI is InChI=1S/C17H26N2/c1-13(2)17-16-15(8-10-18-16)9-11-19(17)12-14-6-4-3-5-7-14/h3-7,13,15-18H,8-12H2,1-2H3. The summed E-state index contributed by atoms with van der Waals surface area (Å²) in [5, 5.41) is 3.76. The van der Waals surface area contributed by atoms with Crippen molar-refractivity contribution < 1.29 is 0 Å². The first-order valence-corrected chi connectivity index (χ1v) is 7.77. The number of fused-ring (bicyclic) bond motifs is 1. The lowest BCUT2D eigenvalue weighted by molar-refractivity contribution is 0.0555. The van der Waals surface area contributed by atoms with Crippen LogP contribution in [0.5, 0.6) is 0 Å². The third kappa shape index (κ3) is 2.70. The average Bonchev–Trinajstić information content (AvgIpc) is 2.87. The molecule has 0 aliphatic carbocycles. The van der Waals surface area contributed by atoms with Gasteiger partial charge in [0, 0.05) is 18.6 Å². The second kappa shape index (κ2) is 5.64. The average molecular weight is 258 g/mol. The van der Waals surface area contributed by atoms with E-state index < -0.39 is 0 Å². The van der Waals surface area contributed by atoms with E-state index in [4.69, 9.17) is 0 Å². The minimum Gasteiger partial charge on any atom is -0.312 e. The molecule has 2 heterocycles. The first kappa shape index (κ1) is 13.1. The molecule has 0 spiro atoms. The maximum absolute atomic E-state index is 3.76. The molecule has 1 N–H and O–H groups in total. The van der Waals surface area contributed by atoms with Crippen molar-refractivity contribution in [2.75, 3.05) is 13.1 Å². The molecule has 0 bridgehead atoms. The van der Waals surface area contributed by atoms with Gasteiger partial charge in [-0.15, -0.1) is 0 Å². The van der Waals surface area contributed by atoms with Crippen LogP contribution in [0.3, 0.4) is 0 Å². The van der Waals surface area contributed by atoms with Gasteiger partial charge in [0.1, 0.15) is 0 Å². The van der Waals surface area contributed by atoms with Crippen LogP contribution in [-0.4, -0.2) is 30.1 Å². The molecular weight excluding hydrogens is 232 g/mol. The Morgan fingerprint density at radius 1 is 1.21 bits per heavy atom. The van der Waals surface area contributed by atoms with Crippen molar-refractivity contribution in [2.45, 2.75) is 45.3 Å². The van der Waals surface area contributed by atoms with Crippen LogP contribution >= 0.6 is 0 Å². The number of benzene rings is 1. The van der Waals surface area contributed by atoms with Gasteiger partial charge in [-0.25, -0.2) is 0 Å². The predicted molar refractivity (Wildman–Crippen MR) is 80.0 cm³/mol. The van der Waals surface area contributed by atoms with E-state index in [0.717, 1.165) is 24.4 Å². The molecule has 2 aliphatic heterocycles. The van der Waals surface area contributed by atoms with Gasteiger partial charge in [-0.1, -0.05) is 44.2 Å². The van der Waals surface area contributed by atoms with Crippen molar-refractivity contribution >= 4 is 0 Å². The molecule has 3 unspecified atom stereocenters. The van der Waals surface area contributed by atoms with E-state index in [1.54, 1.807) is 0 Å². The van der Waals surface area contributed by atoms with Crippen LogP contribution in [0, 0.1) is 11.8 Å². The van der Waals surface area contributed by atoms with E-state index in [9.17, 15) is 0 Å². The minimum absolute atomic E-state index is 0.696. The zero-order chi connectivity index (χ0) is 13.2. The molecule has 3 rings (SSSR count). The van der Waals surface area contributed by atoms with Gasteiger partial charge >= 0.3 is 0 Å². The Bertz CT molecular complexity index is 401. The Hall–Kier alpha value is -0.860. The summed E-state index contributed by atoms with van der Waals surface area (Å²) in [6.45, 7) is 8.35. The zero-order valence-corrected chi connectivity index (χ0v) is 12.2. The monoisotopic (exact) mass is 258 g/mol. The molecule has 104 valence electrons. The fourth-order valence-electron chi connectivity index (χ4n) is 4.05. The highest BCUT2D eigenvalue weighted by atomic mass is 15.2. The third-order valence-corrected chi connectivity index (χ3v) is 4.89. The van der Waals surface area contributed by atoms with Crippen LogP contribution in [0.4, 0.5) is 0 Å². The van der Waals surface area contributed by atoms with Crippen LogP contribution in [0.2, 0.25) is 0 Å². The van der Waals surface area contributed by atoms with Crippen LogP contribution in [0.25, 0.3) is 0 Å². The summed E-state index contributed by atoms with van der Waals surface area (Å²) in [6.07, 6.45) is 2.75. The largest absolute Gasteiger partial charge is 0.312 e. The molecule has 1 aromatic carbocycles. The van der Waals surface area contributed by atoms with Crippen molar-refractivity contribution in [1.82, 2.24) is 10.2 Å². The van der Waals surface area contributed by atoms with Crippen molar-refractivity contribution in [3.05, 3.63) is 35.9 Å². The van der Waals surface area contributed by atoms with Gasteiger partial charge in [-0.05, 0) is 43.3 Å². The van der Waals surface area contributed by atoms with Crippen molar-refractivity contribution in [2.24, 2.45) is 11.8 Å². The summed E-state index contributed by atoms with van der Waals surface area (Å²) in [4.78, 5) is 2.71. The third-order valence-electron chi connectivity index (χ3n) is 4.89. The molecule has 1 aromatic rings. The molecule has 2 saturated heterocycles. The summed E-state index contributed by atoms with van der Waals surface area (Å²) in [5.41, 5.74) is 1.45. The Balaban J connectivity index is 1.76. The first-order valence-electron chi connectivity index (χ1n) is 7.77. The number of hydrogen-bond donors (Lipinski definition) is 1. The molecule has 2 aliphatic rings. The maximum atomic E-state index is 3.76. The highest BCUT2D eigenvalue weighted by molar-refractivity contribution is 5.15. The highest BCUT2D eigenvalue weighted by Crippen LogP contribution is 2.33. The highest BCUT2D eigenvalue weighted by Gasteiger charge is 2.41. The zero-order valence-electron chi connectivity index (χ0n) is 12.2. The molecule has 19 heavy (non-hydrogen) atoms. The number of nitrogens with one attached hydrogen (secondary N) is 1. The van der Waals surface area contributed by atoms with Gasteiger partial charge in [-0.3, -0.25) is 4.90 Å². The van der Waals surface area contributed by atoms with E-state index in [1.165, 1.54) is 31.5 Å². The fraction of sp³-hybridized carbons (Fsp3) is 0.647. The molecule has 0 radical (unpaired) electrons. The van der Waals surface area contributed by atoms with E-state index >= 15 is 0 Å². The number of rotatable bonds is 3. The fourth-order valence-corrected chi connectivity index (χ4v) is 4.05. The van der Waals surface area contributed by atoms with E-state index in [0.29, 0.717) is 6.04 Å². The maximum Gasteiger partial charge on any atom is 0.0278 e. The Morgan fingerprint density at radius 3 is 2.74 bits per heavy atom. The van der Waals surface area contributed by atoms with Crippen molar-refractivity contribution in [3.8, 4) is 0 Å². The minimum atomic E-state index is 0.696. The quantitative estimate of drug-likeness (QED) is 0.897. The van der Waals surface area contributed by atoms with E-state index in [1.807, 2.05) is 0 Å². The first-order chi connectivity index (χ1) is 9.25. The van der Waals surface area contributed by atoms with Gasteiger partial charge in [0.15, 0.2) is 0 Å². The second-order valence-corrected chi connectivity index (χ2v) is 6.51. The van der Waals surface area contributed by atoms with Gasteiger partial charge in [0.2, 0.25) is 0 Å².